The highest BCUT2D eigenvalue weighted by Crippen LogP contribution is 2.28. The molecule has 6 heteroatoms. The minimum atomic E-state index is -0.921. The van der Waals surface area contributed by atoms with E-state index in [4.69, 9.17) is 15.6 Å². The van der Waals surface area contributed by atoms with E-state index in [9.17, 15) is 15.0 Å². The zero-order chi connectivity index (χ0) is 22.4. The zero-order valence-electron chi connectivity index (χ0n) is 17.4. The number of aliphatic carboxylic acids is 1. The average molecular weight is 421 g/mol. The number of carboxylic acids is 1. The van der Waals surface area contributed by atoms with Gasteiger partial charge in [-0.05, 0) is 65.1 Å². The summed E-state index contributed by atoms with van der Waals surface area (Å²) in [4.78, 5) is 11.1. The number of hydrogen-bond donors (Lipinski definition) is 4. The third-order valence-corrected chi connectivity index (χ3v) is 5.05. The molecule has 3 aromatic rings. The number of hydrogen-bond acceptors (Lipinski definition) is 5. The van der Waals surface area contributed by atoms with E-state index in [1.165, 1.54) is 0 Å². The maximum atomic E-state index is 11.1. The molecule has 0 aliphatic rings. The minimum Gasteiger partial charge on any atom is -0.489 e. The number of aliphatic hydroxyl groups is 2. The summed E-state index contributed by atoms with van der Waals surface area (Å²) < 4.78 is 5.93. The number of carboxylic acid groups (broad SMARTS) is 1. The smallest absolute Gasteiger partial charge is 0.307 e. The molecule has 0 amide bonds. The van der Waals surface area contributed by atoms with Crippen molar-refractivity contribution in [3.05, 3.63) is 89.0 Å². The first-order valence-corrected chi connectivity index (χ1v) is 10.1. The second-order valence-electron chi connectivity index (χ2n) is 7.52. The van der Waals surface area contributed by atoms with E-state index in [1.54, 1.807) is 31.2 Å². The molecular formula is C25H27NO5. The molecule has 6 nitrogen and oxygen atoms in total. The van der Waals surface area contributed by atoms with E-state index in [-0.39, 0.29) is 19.6 Å². The summed E-state index contributed by atoms with van der Waals surface area (Å²) in [5.41, 5.74) is 10.8. The van der Waals surface area contributed by atoms with Crippen LogP contribution < -0.4 is 10.5 Å². The molecule has 0 spiro atoms. The van der Waals surface area contributed by atoms with Crippen molar-refractivity contribution in [2.24, 2.45) is 5.73 Å². The van der Waals surface area contributed by atoms with Crippen LogP contribution in [0.2, 0.25) is 0 Å². The summed E-state index contributed by atoms with van der Waals surface area (Å²) in [6, 6.07) is 20.0. The van der Waals surface area contributed by atoms with Gasteiger partial charge in [-0.15, -0.1) is 0 Å². The molecule has 0 aromatic heterocycles. The molecule has 162 valence electrons. The van der Waals surface area contributed by atoms with Crippen molar-refractivity contribution >= 4 is 5.97 Å². The highest BCUT2D eigenvalue weighted by Gasteiger charge is 2.12. The molecule has 2 atom stereocenters. The van der Waals surface area contributed by atoms with Crippen LogP contribution in [-0.4, -0.2) is 27.9 Å². The first kappa shape index (κ1) is 22.5. The highest BCUT2D eigenvalue weighted by molar-refractivity contribution is 5.71. The van der Waals surface area contributed by atoms with Crippen LogP contribution >= 0.6 is 0 Å². The van der Waals surface area contributed by atoms with Gasteiger partial charge in [-0.2, -0.15) is 0 Å². The molecule has 31 heavy (non-hydrogen) atoms. The van der Waals surface area contributed by atoms with Crippen molar-refractivity contribution in [1.29, 1.82) is 0 Å². The monoisotopic (exact) mass is 421 g/mol. The van der Waals surface area contributed by atoms with Gasteiger partial charge in [0.25, 0.3) is 0 Å². The summed E-state index contributed by atoms with van der Waals surface area (Å²) in [6.07, 6.45) is -0.784. The van der Waals surface area contributed by atoms with Crippen LogP contribution in [0.1, 0.15) is 41.3 Å². The number of carbonyl (C=O) groups is 1. The minimum absolute atomic E-state index is 0.118. The molecule has 3 rings (SSSR count). The molecule has 0 aliphatic carbocycles. The van der Waals surface area contributed by atoms with Crippen LogP contribution in [0.4, 0.5) is 0 Å². The molecule has 0 saturated heterocycles. The van der Waals surface area contributed by atoms with Crippen molar-refractivity contribution in [2.45, 2.75) is 32.1 Å². The van der Waals surface area contributed by atoms with Gasteiger partial charge in [0.15, 0.2) is 0 Å². The Morgan fingerprint density at radius 2 is 1.74 bits per heavy atom. The maximum Gasteiger partial charge on any atom is 0.307 e. The Morgan fingerprint density at radius 3 is 2.45 bits per heavy atom. The number of aliphatic hydroxyl groups excluding tert-OH is 2. The second kappa shape index (κ2) is 10.2. The van der Waals surface area contributed by atoms with Gasteiger partial charge in [0, 0.05) is 5.56 Å². The van der Waals surface area contributed by atoms with Gasteiger partial charge < -0.3 is 25.8 Å². The number of benzene rings is 3. The predicted octanol–water partition coefficient (Wildman–Crippen LogP) is 3.61. The van der Waals surface area contributed by atoms with E-state index in [1.807, 2.05) is 42.5 Å². The Kier molecular flexibility index (Phi) is 7.41. The zero-order valence-corrected chi connectivity index (χ0v) is 17.4. The summed E-state index contributed by atoms with van der Waals surface area (Å²) in [6.45, 7) is 1.77. The summed E-state index contributed by atoms with van der Waals surface area (Å²) in [5, 5.41) is 28.6. The number of ether oxygens (including phenoxy) is 1. The van der Waals surface area contributed by atoms with Gasteiger partial charge in [-0.3, -0.25) is 4.79 Å². The number of rotatable bonds is 9. The Morgan fingerprint density at radius 1 is 1.00 bits per heavy atom. The Labute approximate surface area is 181 Å². The first-order chi connectivity index (χ1) is 14.9. The van der Waals surface area contributed by atoms with Crippen molar-refractivity contribution in [3.63, 3.8) is 0 Å². The van der Waals surface area contributed by atoms with Crippen LogP contribution in [0.15, 0.2) is 66.7 Å². The van der Waals surface area contributed by atoms with Crippen molar-refractivity contribution in [3.8, 4) is 16.9 Å². The number of para-hydroxylation sites is 1. The largest absolute Gasteiger partial charge is 0.489 e. The standard InChI is InChI=1S/C25H27NO5/c1-16(28)21-9-17(15-31-24-8-3-2-5-20(24)13-25(29)30)10-22(12-21)18-6-4-7-19(11-18)23(26)14-27/h2-12,16,23,27-28H,13-15,26H2,1H3,(H,29,30). The second-order valence-corrected chi connectivity index (χ2v) is 7.52. The van der Waals surface area contributed by atoms with E-state index < -0.39 is 18.1 Å². The lowest BCUT2D eigenvalue weighted by atomic mass is 9.95. The van der Waals surface area contributed by atoms with Crippen LogP contribution in [-0.2, 0) is 17.8 Å². The fourth-order valence-electron chi connectivity index (χ4n) is 3.38. The third kappa shape index (κ3) is 5.92. The van der Waals surface area contributed by atoms with Gasteiger partial charge in [0.05, 0.1) is 25.2 Å². The van der Waals surface area contributed by atoms with Gasteiger partial charge in [-0.25, -0.2) is 0 Å². The Hall–Kier alpha value is -3.19. The van der Waals surface area contributed by atoms with Crippen molar-refractivity contribution in [2.75, 3.05) is 6.61 Å². The molecule has 0 radical (unpaired) electrons. The summed E-state index contributed by atoms with van der Waals surface area (Å²) >= 11 is 0. The van der Waals surface area contributed by atoms with Gasteiger partial charge in [0.2, 0.25) is 0 Å². The van der Waals surface area contributed by atoms with E-state index in [0.29, 0.717) is 11.3 Å². The van der Waals surface area contributed by atoms with Gasteiger partial charge in [-0.1, -0.05) is 36.4 Å². The van der Waals surface area contributed by atoms with Gasteiger partial charge in [0.1, 0.15) is 12.4 Å². The van der Waals surface area contributed by atoms with Crippen molar-refractivity contribution in [1.82, 2.24) is 0 Å². The van der Waals surface area contributed by atoms with Crippen LogP contribution in [0, 0.1) is 0 Å². The number of nitrogens with two attached hydrogens (primary N) is 1. The van der Waals surface area contributed by atoms with Crippen LogP contribution in [0.5, 0.6) is 5.75 Å². The molecule has 0 aliphatic heterocycles. The van der Waals surface area contributed by atoms with E-state index in [2.05, 4.69) is 0 Å². The molecule has 0 saturated carbocycles. The quantitative estimate of drug-likeness (QED) is 0.420. The molecular weight excluding hydrogens is 394 g/mol. The van der Waals surface area contributed by atoms with Crippen molar-refractivity contribution < 1.29 is 24.9 Å². The normalized spacial score (nSPS) is 12.9. The van der Waals surface area contributed by atoms with Crippen LogP contribution in [0.3, 0.4) is 0 Å². The fourth-order valence-corrected chi connectivity index (χ4v) is 3.38. The average Bonchev–Trinajstić information content (AvgIpc) is 2.77. The highest BCUT2D eigenvalue weighted by atomic mass is 16.5. The Bertz CT molecular complexity index is 1050. The SMILES string of the molecule is CC(O)c1cc(COc2ccccc2CC(=O)O)cc(-c2cccc(C(N)CO)c2)c1. The third-order valence-electron chi connectivity index (χ3n) is 5.05. The maximum absolute atomic E-state index is 11.1. The molecule has 3 aromatic carbocycles. The predicted molar refractivity (Wildman–Crippen MR) is 119 cm³/mol. The lowest BCUT2D eigenvalue weighted by Crippen LogP contribution is -2.14. The van der Waals surface area contributed by atoms with E-state index >= 15 is 0 Å². The molecule has 0 fully saturated rings. The van der Waals surface area contributed by atoms with E-state index in [0.717, 1.165) is 27.8 Å². The topological polar surface area (TPSA) is 113 Å². The fraction of sp³-hybridized carbons (Fsp3) is 0.240. The molecule has 0 bridgehead atoms. The van der Waals surface area contributed by atoms with Crippen LogP contribution in [0.25, 0.3) is 11.1 Å². The molecule has 5 N–H and O–H groups in total. The lowest BCUT2D eigenvalue weighted by molar-refractivity contribution is -0.136. The Balaban J connectivity index is 1.91. The lowest BCUT2D eigenvalue weighted by Gasteiger charge is -2.15. The molecule has 0 heterocycles. The van der Waals surface area contributed by atoms with Gasteiger partial charge >= 0.3 is 5.97 Å². The summed E-state index contributed by atoms with van der Waals surface area (Å²) in [5.74, 6) is -0.403. The molecule has 2 unspecified atom stereocenters. The first-order valence-electron chi connectivity index (χ1n) is 10.1. The summed E-state index contributed by atoms with van der Waals surface area (Å²) in [7, 11) is 0.